The van der Waals surface area contributed by atoms with Crippen LogP contribution in [0.3, 0.4) is 0 Å². The van der Waals surface area contributed by atoms with Crippen LogP contribution < -0.4 is 4.74 Å². The highest BCUT2D eigenvalue weighted by Gasteiger charge is 2.12. The number of rotatable bonds is 11. The van der Waals surface area contributed by atoms with Crippen molar-refractivity contribution in [2.45, 2.75) is 39.7 Å². The van der Waals surface area contributed by atoms with Crippen molar-refractivity contribution < 1.29 is 19.0 Å². The van der Waals surface area contributed by atoms with Crippen LogP contribution in [-0.4, -0.2) is 19.2 Å². The second kappa shape index (κ2) is 11.8. The summed E-state index contributed by atoms with van der Waals surface area (Å²) < 4.78 is 16.6. The molecule has 2 aromatic carbocycles. The highest BCUT2D eigenvalue weighted by Crippen LogP contribution is 2.17. The predicted octanol–water partition coefficient (Wildman–Crippen LogP) is 5.38. The van der Waals surface area contributed by atoms with Crippen molar-refractivity contribution in [1.29, 1.82) is 0 Å². The molecule has 0 aliphatic rings. The number of unbranched alkanes of at least 4 members (excludes halogenated alkanes) is 1. The first-order chi connectivity index (χ1) is 13.2. The number of carbonyl (C=O) groups is 1. The molecule has 2 rings (SSSR count). The molecule has 0 N–H and O–H groups in total. The Kier molecular flexibility index (Phi) is 8.98. The quantitative estimate of drug-likeness (QED) is 0.231. The van der Waals surface area contributed by atoms with Crippen LogP contribution in [0.2, 0.25) is 0 Å². The van der Waals surface area contributed by atoms with Crippen LogP contribution >= 0.6 is 0 Å². The third-order valence-electron chi connectivity index (χ3n) is 3.82. The molecule has 0 radical (unpaired) electrons. The molecule has 2 aromatic rings. The molecule has 0 bridgehead atoms. The Morgan fingerprint density at radius 3 is 2.30 bits per heavy atom. The van der Waals surface area contributed by atoms with Crippen molar-refractivity contribution in [3.63, 3.8) is 0 Å². The van der Waals surface area contributed by atoms with E-state index in [-0.39, 0.29) is 5.76 Å². The van der Waals surface area contributed by atoms with Crippen LogP contribution in [0.4, 0.5) is 0 Å². The number of benzene rings is 2. The summed E-state index contributed by atoms with van der Waals surface area (Å²) in [5.74, 6) is 0.602. The highest BCUT2D eigenvalue weighted by atomic mass is 16.6. The summed E-state index contributed by atoms with van der Waals surface area (Å²) in [5.41, 5.74) is 1.98. The zero-order chi connectivity index (χ0) is 19.3. The Balaban J connectivity index is 1.99. The van der Waals surface area contributed by atoms with E-state index in [1.165, 1.54) is 0 Å². The summed E-state index contributed by atoms with van der Waals surface area (Å²) in [4.78, 5) is 12.2. The van der Waals surface area contributed by atoms with Crippen LogP contribution in [0, 0.1) is 0 Å². The molecule has 144 valence electrons. The lowest BCUT2D eigenvalue weighted by atomic mass is 10.2. The van der Waals surface area contributed by atoms with Gasteiger partial charge in [0.1, 0.15) is 12.4 Å². The average molecular weight is 368 g/mol. The van der Waals surface area contributed by atoms with Gasteiger partial charge in [0.15, 0.2) is 0 Å². The van der Waals surface area contributed by atoms with Crippen molar-refractivity contribution in [2.75, 3.05) is 13.2 Å². The van der Waals surface area contributed by atoms with Gasteiger partial charge in [-0.25, -0.2) is 4.79 Å². The maximum Gasteiger partial charge on any atom is 0.373 e. The Morgan fingerprint density at radius 1 is 0.889 bits per heavy atom. The molecule has 4 heteroatoms. The molecule has 0 saturated heterocycles. The van der Waals surface area contributed by atoms with Gasteiger partial charge in [-0.1, -0.05) is 62.7 Å². The summed E-state index contributed by atoms with van der Waals surface area (Å²) in [7, 11) is 0. The monoisotopic (exact) mass is 368 g/mol. The van der Waals surface area contributed by atoms with Crippen LogP contribution in [-0.2, 0) is 20.9 Å². The molecule has 27 heavy (non-hydrogen) atoms. The normalized spacial score (nSPS) is 11.1. The summed E-state index contributed by atoms with van der Waals surface area (Å²) in [6.45, 7) is 5.46. The van der Waals surface area contributed by atoms with Crippen molar-refractivity contribution in [3.8, 4) is 5.75 Å². The number of hydrogen-bond acceptors (Lipinski definition) is 4. The van der Waals surface area contributed by atoms with Gasteiger partial charge in [-0.15, -0.1) is 0 Å². The largest absolute Gasteiger partial charge is 0.489 e. The fourth-order valence-corrected chi connectivity index (χ4v) is 2.30. The fourth-order valence-electron chi connectivity index (χ4n) is 2.30. The lowest BCUT2D eigenvalue weighted by Gasteiger charge is -2.10. The SMILES string of the molecule is CCCCOC(=O)/C(=C/c1ccc(OCc2ccccc2)cc1)OCCC. The molecule has 0 saturated carbocycles. The van der Waals surface area contributed by atoms with E-state index in [0.717, 1.165) is 36.1 Å². The van der Waals surface area contributed by atoms with Crippen LogP contribution in [0.5, 0.6) is 5.75 Å². The minimum atomic E-state index is -0.415. The predicted molar refractivity (Wildman–Crippen MR) is 107 cm³/mol. The van der Waals surface area contributed by atoms with Crippen molar-refractivity contribution >= 4 is 12.0 Å². The maximum atomic E-state index is 12.2. The molecule has 4 nitrogen and oxygen atoms in total. The Morgan fingerprint density at radius 2 is 1.63 bits per heavy atom. The average Bonchev–Trinajstić information content (AvgIpc) is 2.71. The third kappa shape index (κ3) is 7.57. The first-order valence-corrected chi connectivity index (χ1v) is 9.51. The summed E-state index contributed by atoms with van der Waals surface area (Å²) >= 11 is 0. The third-order valence-corrected chi connectivity index (χ3v) is 3.82. The number of esters is 1. The minimum absolute atomic E-state index is 0.242. The molecule has 0 atom stereocenters. The van der Waals surface area contributed by atoms with E-state index in [2.05, 4.69) is 6.92 Å². The molecule has 0 spiro atoms. The molecular weight excluding hydrogens is 340 g/mol. The van der Waals surface area contributed by atoms with E-state index in [9.17, 15) is 4.79 Å². The van der Waals surface area contributed by atoms with Gasteiger partial charge in [0.05, 0.1) is 13.2 Å². The Hall–Kier alpha value is -2.75. The topological polar surface area (TPSA) is 44.8 Å². The van der Waals surface area contributed by atoms with Gasteiger partial charge in [0.2, 0.25) is 5.76 Å². The van der Waals surface area contributed by atoms with Crippen molar-refractivity contribution in [3.05, 3.63) is 71.5 Å². The van der Waals surface area contributed by atoms with Crippen molar-refractivity contribution in [2.24, 2.45) is 0 Å². The summed E-state index contributed by atoms with van der Waals surface area (Å²) in [5, 5.41) is 0. The maximum absolute atomic E-state index is 12.2. The van der Waals surface area contributed by atoms with Gasteiger partial charge in [-0.2, -0.15) is 0 Å². The zero-order valence-electron chi connectivity index (χ0n) is 16.1. The van der Waals surface area contributed by atoms with E-state index < -0.39 is 5.97 Å². The molecule has 0 fully saturated rings. The molecule has 0 aliphatic carbocycles. The summed E-state index contributed by atoms with van der Waals surface area (Å²) in [6.07, 6.45) is 4.36. The Bertz CT molecular complexity index is 705. The molecule has 0 unspecified atom stereocenters. The highest BCUT2D eigenvalue weighted by molar-refractivity contribution is 5.91. The van der Waals surface area contributed by atoms with Crippen LogP contribution in [0.1, 0.15) is 44.2 Å². The number of carbonyl (C=O) groups excluding carboxylic acids is 1. The molecule has 0 heterocycles. The lowest BCUT2D eigenvalue weighted by Crippen LogP contribution is -2.12. The Labute approximate surface area is 161 Å². The van der Waals surface area contributed by atoms with E-state index in [4.69, 9.17) is 14.2 Å². The fraction of sp³-hybridized carbons (Fsp3) is 0.348. The van der Waals surface area contributed by atoms with E-state index in [0.29, 0.717) is 19.8 Å². The molecule has 0 amide bonds. The first kappa shape index (κ1) is 20.6. The molecule has 0 aliphatic heterocycles. The van der Waals surface area contributed by atoms with Crippen LogP contribution in [0.15, 0.2) is 60.4 Å². The second-order valence-corrected chi connectivity index (χ2v) is 6.19. The van der Waals surface area contributed by atoms with E-state index >= 15 is 0 Å². The first-order valence-electron chi connectivity index (χ1n) is 9.51. The second-order valence-electron chi connectivity index (χ2n) is 6.19. The zero-order valence-corrected chi connectivity index (χ0v) is 16.1. The van der Waals surface area contributed by atoms with Crippen LogP contribution in [0.25, 0.3) is 6.08 Å². The molecule has 0 aromatic heterocycles. The van der Waals surface area contributed by atoms with Gasteiger partial charge >= 0.3 is 5.97 Å². The van der Waals surface area contributed by atoms with Gasteiger partial charge in [0.25, 0.3) is 0 Å². The van der Waals surface area contributed by atoms with Crippen molar-refractivity contribution in [1.82, 2.24) is 0 Å². The van der Waals surface area contributed by atoms with E-state index in [1.54, 1.807) is 6.08 Å². The molecular formula is C23H28O4. The van der Waals surface area contributed by atoms with Gasteiger partial charge in [0, 0.05) is 0 Å². The van der Waals surface area contributed by atoms with Gasteiger partial charge in [-0.05, 0) is 42.2 Å². The smallest absolute Gasteiger partial charge is 0.373 e. The van der Waals surface area contributed by atoms with Gasteiger partial charge in [-0.3, -0.25) is 0 Å². The van der Waals surface area contributed by atoms with Gasteiger partial charge < -0.3 is 14.2 Å². The number of hydrogen-bond donors (Lipinski definition) is 0. The standard InChI is InChI=1S/C23H28O4/c1-3-5-16-26-23(24)22(25-15-4-2)17-19-11-13-21(14-12-19)27-18-20-9-7-6-8-10-20/h6-14,17H,3-5,15-16,18H2,1-2H3/b22-17-. The minimum Gasteiger partial charge on any atom is -0.489 e. The lowest BCUT2D eigenvalue weighted by molar-refractivity contribution is -0.143. The number of ether oxygens (including phenoxy) is 3. The summed E-state index contributed by atoms with van der Waals surface area (Å²) in [6, 6.07) is 17.6. The van der Waals surface area contributed by atoms with E-state index in [1.807, 2.05) is 61.5 Å².